The van der Waals surface area contributed by atoms with Crippen molar-refractivity contribution >= 4 is 28.1 Å². The summed E-state index contributed by atoms with van der Waals surface area (Å²) in [5, 5.41) is 2.62. The zero-order chi connectivity index (χ0) is 24.0. The minimum Gasteiger partial charge on any atom is -0.490 e. The third-order valence-electron chi connectivity index (χ3n) is 4.95. The standard InChI is InChI=1S/C21H20F3N3O5S/c1-12-19(32-13(2)25-12)20(28)26-15-5-8-17-18(11-15)33(29,30)27(9-10-31-17)16-6-3-14(4-7-16)21(22,23)24/h3-8,11,29-30H,9-10H2,1-2H3,(H,26,28). The van der Waals surface area contributed by atoms with E-state index in [1.54, 1.807) is 13.8 Å². The molecule has 0 radical (unpaired) electrons. The molecule has 1 aromatic heterocycles. The van der Waals surface area contributed by atoms with E-state index >= 15 is 0 Å². The number of halogens is 3. The number of carbonyl (C=O) groups is 1. The Labute approximate surface area is 188 Å². The topological polar surface area (TPSA) is 108 Å². The van der Waals surface area contributed by atoms with Gasteiger partial charge in [-0.05, 0) is 49.4 Å². The average Bonchev–Trinajstić information content (AvgIpc) is 3.02. The second kappa shape index (κ2) is 8.28. The number of hydrogen-bond acceptors (Lipinski definition) is 7. The highest BCUT2D eigenvalue weighted by molar-refractivity contribution is 8.25. The molecule has 4 rings (SSSR count). The van der Waals surface area contributed by atoms with Crippen LogP contribution in [0.25, 0.3) is 0 Å². The third-order valence-corrected chi connectivity index (χ3v) is 6.87. The zero-order valence-corrected chi connectivity index (χ0v) is 18.3. The maximum atomic E-state index is 12.9. The highest BCUT2D eigenvalue weighted by atomic mass is 32.3. The second-order valence-corrected chi connectivity index (χ2v) is 9.20. The molecule has 2 aromatic carbocycles. The molecule has 3 N–H and O–H groups in total. The Hall–Kier alpha value is -3.22. The molecule has 3 aromatic rings. The quantitative estimate of drug-likeness (QED) is 0.452. The summed E-state index contributed by atoms with van der Waals surface area (Å²) in [6, 6.07) is 8.44. The molecule has 8 nitrogen and oxygen atoms in total. The molecule has 0 spiro atoms. The molecule has 12 heteroatoms. The molecule has 0 bridgehead atoms. The van der Waals surface area contributed by atoms with Crippen LogP contribution in [0.15, 0.2) is 51.8 Å². The van der Waals surface area contributed by atoms with Gasteiger partial charge in [-0.2, -0.15) is 13.2 Å². The van der Waals surface area contributed by atoms with Gasteiger partial charge in [0.25, 0.3) is 5.91 Å². The monoisotopic (exact) mass is 483 g/mol. The van der Waals surface area contributed by atoms with Gasteiger partial charge in [-0.3, -0.25) is 18.2 Å². The summed E-state index contributed by atoms with van der Waals surface area (Å²) in [6.45, 7) is 3.30. The van der Waals surface area contributed by atoms with Gasteiger partial charge >= 0.3 is 6.18 Å². The van der Waals surface area contributed by atoms with Crippen LogP contribution in [0.2, 0.25) is 0 Å². The molecule has 0 saturated carbocycles. The van der Waals surface area contributed by atoms with Crippen LogP contribution in [-0.4, -0.2) is 33.1 Å². The predicted octanol–water partition coefficient (Wildman–Crippen LogP) is 5.49. The van der Waals surface area contributed by atoms with E-state index in [1.165, 1.54) is 34.6 Å². The molecule has 1 aliphatic rings. The smallest absolute Gasteiger partial charge is 0.416 e. The van der Waals surface area contributed by atoms with Gasteiger partial charge in [0.15, 0.2) is 5.89 Å². The van der Waals surface area contributed by atoms with Crippen LogP contribution >= 0.6 is 10.8 Å². The van der Waals surface area contributed by atoms with E-state index in [4.69, 9.17) is 9.15 Å². The summed E-state index contributed by atoms with van der Waals surface area (Å²) in [6.07, 6.45) is -4.51. The van der Waals surface area contributed by atoms with Crippen LogP contribution < -0.4 is 14.4 Å². The number of fused-ring (bicyclic) bond motifs is 1. The molecule has 33 heavy (non-hydrogen) atoms. The Kier molecular flexibility index (Phi) is 5.76. The van der Waals surface area contributed by atoms with E-state index in [0.717, 1.165) is 12.1 Å². The number of anilines is 2. The Bertz CT molecular complexity index is 1190. The predicted molar refractivity (Wildman–Crippen MR) is 116 cm³/mol. The highest BCUT2D eigenvalue weighted by Gasteiger charge is 2.34. The van der Waals surface area contributed by atoms with Crippen molar-refractivity contribution in [3.8, 4) is 5.75 Å². The van der Waals surface area contributed by atoms with Crippen LogP contribution in [0.5, 0.6) is 5.75 Å². The van der Waals surface area contributed by atoms with Gasteiger partial charge in [-0.1, -0.05) is 10.8 Å². The fourth-order valence-electron chi connectivity index (χ4n) is 3.43. The molecule has 0 unspecified atom stereocenters. The highest BCUT2D eigenvalue weighted by Crippen LogP contribution is 2.58. The van der Waals surface area contributed by atoms with Crippen molar-refractivity contribution in [1.82, 2.24) is 4.98 Å². The Morgan fingerprint density at radius 2 is 1.85 bits per heavy atom. The number of ether oxygens (including phenoxy) is 1. The number of hydrogen-bond donors (Lipinski definition) is 3. The maximum absolute atomic E-state index is 12.9. The first kappa shape index (κ1) is 23.0. The van der Waals surface area contributed by atoms with Gasteiger partial charge in [0.2, 0.25) is 5.76 Å². The number of oxazole rings is 1. The lowest BCUT2D eigenvalue weighted by atomic mass is 10.2. The number of carbonyl (C=O) groups excluding carboxylic acids is 1. The van der Waals surface area contributed by atoms with Crippen LogP contribution in [0, 0.1) is 13.8 Å². The van der Waals surface area contributed by atoms with E-state index in [9.17, 15) is 27.1 Å². The normalized spacial score (nSPS) is 16.4. The fraction of sp³-hybridized carbons (Fsp3) is 0.238. The van der Waals surface area contributed by atoms with Gasteiger partial charge in [-0.25, -0.2) is 4.98 Å². The summed E-state index contributed by atoms with van der Waals surface area (Å²) in [5.41, 5.74) is -0.0234. The van der Waals surface area contributed by atoms with Gasteiger partial charge in [-0.15, -0.1) is 0 Å². The molecular weight excluding hydrogens is 463 g/mol. The van der Waals surface area contributed by atoms with E-state index in [1.807, 2.05) is 0 Å². The van der Waals surface area contributed by atoms with Crippen molar-refractivity contribution in [1.29, 1.82) is 0 Å². The van der Waals surface area contributed by atoms with Crippen molar-refractivity contribution in [3.63, 3.8) is 0 Å². The lowest BCUT2D eigenvalue weighted by Crippen LogP contribution is -2.29. The van der Waals surface area contributed by atoms with Crippen LogP contribution in [0.3, 0.4) is 0 Å². The van der Waals surface area contributed by atoms with Crippen LogP contribution in [0.1, 0.15) is 27.7 Å². The van der Waals surface area contributed by atoms with Crippen molar-refractivity contribution in [2.45, 2.75) is 24.9 Å². The van der Waals surface area contributed by atoms with E-state index in [-0.39, 0.29) is 40.9 Å². The number of aryl methyl sites for hydroxylation is 2. The number of alkyl halides is 3. The van der Waals surface area contributed by atoms with E-state index in [2.05, 4.69) is 10.3 Å². The summed E-state index contributed by atoms with van der Waals surface area (Å²) in [7, 11) is -3.71. The molecule has 1 amide bonds. The number of benzene rings is 2. The number of amides is 1. The first-order valence-corrected chi connectivity index (χ1v) is 11.2. The minimum absolute atomic E-state index is 0.0110. The van der Waals surface area contributed by atoms with Gasteiger partial charge in [0.05, 0.1) is 23.5 Å². The van der Waals surface area contributed by atoms with Crippen molar-refractivity contribution in [3.05, 3.63) is 65.4 Å². The summed E-state index contributed by atoms with van der Waals surface area (Å²) in [4.78, 5) is 16.6. The lowest BCUT2D eigenvalue weighted by molar-refractivity contribution is -0.137. The number of rotatable bonds is 3. The maximum Gasteiger partial charge on any atom is 0.416 e. The van der Waals surface area contributed by atoms with E-state index < -0.39 is 28.4 Å². The molecule has 2 heterocycles. The van der Waals surface area contributed by atoms with Crippen molar-refractivity contribution in [2.24, 2.45) is 0 Å². The Balaban J connectivity index is 1.65. The van der Waals surface area contributed by atoms with Crippen LogP contribution in [-0.2, 0) is 6.18 Å². The van der Waals surface area contributed by atoms with Gasteiger partial charge in [0, 0.05) is 12.6 Å². The average molecular weight is 483 g/mol. The first-order chi connectivity index (χ1) is 15.5. The lowest BCUT2D eigenvalue weighted by Gasteiger charge is -2.42. The second-order valence-electron chi connectivity index (χ2n) is 7.28. The number of aromatic nitrogens is 1. The largest absolute Gasteiger partial charge is 0.490 e. The summed E-state index contributed by atoms with van der Waals surface area (Å²) < 4.78 is 73.0. The molecule has 0 fully saturated rings. The van der Waals surface area contributed by atoms with Gasteiger partial charge < -0.3 is 14.5 Å². The van der Waals surface area contributed by atoms with Crippen molar-refractivity contribution < 1.29 is 36.2 Å². The Morgan fingerprint density at radius 1 is 1.15 bits per heavy atom. The molecule has 176 valence electrons. The fourth-order valence-corrected chi connectivity index (χ4v) is 5.09. The molecule has 0 atom stereocenters. The summed E-state index contributed by atoms with van der Waals surface area (Å²) in [5.74, 6) is -0.0289. The molecule has 0 saturated heterocycles. The van der Waals surface area contributed by atoms with Gasteiger partial charge in [0.1, 0.15) is 17.3 Å². The molecule has 1 aliphatic heterocycles. The number of nitrogens with one attached hydrogen (secondary N) is 1. The van der Waals surface area contributed by atoms with Crippen molar-refractivity contribution in [2.75, 3.05) is 22.8 Å². The van der Waals surface area contributed by atoms with E-state index in [0.29, 0.717) is 11.6 Å². The third kappa shape index (κ3) is 4.49. The zero-order valence-electron chi connectivity index (χ0n) is 17.5. The first-order valence-electron chi connectivity index (χ1n) is 9.72. The Morgan fingerprint density at radius 3 is 2.45 bits per heavy atom. The minimum atomic E-state index is -4.51. The number of nitrogens with zero attached hydrogens (tertiary/aromatic N) is 2. The molecule has 0 aliphatic carbocycles. The van der Waals surface area contributed by atoms with Crippen LogP contribution in [0.4, 0.5) is 24.5 Å². The SMILES string of the molecule is Cc1nc(C)c(C(=O)Nc2ccc3c(c2)S(O)(O)N(c2ccc(C(F)(F)F)cc2)CCO3)o1. The summed E-state index contributed by atoms with van der Waals surface area (Å²) >= 11 is 0. The molecular formula is C21H20F3N3O5S.